The average Bonchev–Trinajstić information content (AvgIpc) is 1.96. The molecule has 0 N–H and O–H groups in total. The summed E-state index contributed by atoms with van der Waals surface area (Å²) in [4.78, 5) is 0. The smallest absolute Gasteiger partial charge is 0.126 e. The molecule has 0 heterocycles. The first-order valence-electron chi connectivity index (χ1n) is 3.96. The van der Waals surface area contributed by atoms with Crippen LogP contribution in [-0.2, 0) is 6.42 Å². The largest absolute Gasteiger partial charge is 0.207 e. The fraction of sp³-hybridized carbons (Fsp3) is 0.400. The molecule has 1 aromatic carbocycles. The van der Waals surface area contributed by atoms with E-state index in [1.807, 2.05) is 19.9 Å². The quantitative estimate of drug-likeness (QED) is 0.684. The zero-order valence-electron chi connectivity index (χ0n) is 7.32. The maximum Gasteiger partial charge on any atom is 0.126 e. The molecule has 0 spiro atoms. The Labute approximate surface area is 80.9 Å². The van der Waals surface area contributed by atoms with Gasteiger partial charge < -0.3 is 0 Å². The van der Waals surface area contributed by atoms with Crippen molar-refractivity contribution in [2.45, 2.75) is 20.3 Å². The molecule has 0 bridgehead atoms. The number of aryl methyl sites for hydroxylation is 2. The lowest BCUT2D eigenvalue weighted by Crippen LogP contribution is -1.96. The predicted octanol–water partition coefficient (Wildman–Crippen LogP) is 3.38. The van der Waals surface area contributed by atoms with E-state index in [9.17, 15) is 4.39 Å². The molecule has 0 aliphatic carbocycles. The molecule has 1 rings (SSSR count). The van der Waals surface area contributed by atoms with E-state index in [-0.39, 0.29) is 5.82 Å². The van der Waals surface area contributed by atoms with Gasteiger partial charge in [-0.1, -0.05) is 22.0 Å². The molecule has 0 aliphatic rings. The molecule has 0 nitrogen and oxygen atoms in total. The molecule has 0 radical (unpaired) electrons. The molecule has 0 aliphatic heterocycles. The van der Waals surface area contributed by atoms with Crippen molar-refractivity contribution < 1.29 is 4.39 Å². The fourth-order valence-electron chi connectivity index (χ4n) is 1.36. The summed E-state index contributed by atoms with van der Waals surface area (Å²) in [6.07, 6.45) is 0.762. The Morgan fingerprint density at radius 1 is 1.33 bits per heavy atom. The van der Waals surface area contributed by atoms with Crippen molar-refractivity contribution in [3.8, 4) is 0 Å². The Morgan fingerprint density at radius 3 is 2.50 bits per heavy atom. The summed E-state index contributed by atoms with van der Waals surface area (Å²) in [5.41, 5.74) is 2.87. The summed E-state index contributed by atoms with van der Waals surface area (Å²) < 4.78 is 13.3. The lowest BCUT2D eigenvalue weighted by Gasteiger charge is -2.06. The number of hydrogen-bond acceptors (Lipinski definition) is 0. The second-order valence-electron chi connectivity index (χ2n) is 2.98. The highest BCUT2D eigenvalue weighted by Gasteiger charge is 2.05. The van der Waals surface area contributed by atoms with Gasteiger partial charge in [0.15, 0.2) is 0 Å². The van der Waals surface area contributed by atoms with E-state index in [4.69, 9.17) is 0 Å². The van der Waals surface area contributed by atoms with Gasteiger partial charge in [-0.05, 0) is 43.0 Å². The van der Waals surface area contributed by atoms with Crippen LogP contribution in [0.3, 0.4) is 0 Å². The summed E-state index contributed by atoms with van der Waals surface area (Å²) in [6, 6.07) is 3.60. The van der Waals surface area contributed by atoms with Crippen LogP contribution in [0.2, 0.25) is 0 Å². The van der Waals surface area contributed by atoms with E-state index < -0.39 is 0 Å². The summed E-state index contributed by atoms with van der Waals surface area (Å²) in [7, 11) is 0. The zero-order chi connectivity index (χ0) is 9.14. The third kappa shape index (κ3) is 2.07. The van der Waals surface area contributed by atoms with Crippen molar-refractivity contribution >= 4 is 15.9 Å². The minimum Gasteiger partial charge on any atom is -0.207 e. The standard InChI is InChI=1S/C10H12BrF/c1-7-5-8(2)9(3-4-11)10(12)6-7/h5-6H,3-4H2,1-2H3. The van der Waals surface area contributed by atoms with Crippen LogP contribution in [0.1, 0.15) is 16.7 Å². The maximum absolute atomic E-state index is 13.3. The Morgan fingerprint density at radius 2 is 2.00 bits per heavy atom. The second-order valence-corrected chi connectivity index (χ2v) is 3.77. The number of hydrogen-bond donors (Lipinski definition) is 0. The molecule has 0 aromatic heterocycles. The van der Waals surface area contributed by atoms with E-state index >= 15 is 0 Å². The van der Waals surface area contributed by atoms with Crippen LogP contribution in [0.5, 0.6) is 0 Å². The summed E-state index contributed by atoms with van der Waals surface area (Å²) in [5.74, 6) is -0.0769. The lowest BCUT2D eigenvalue weighted by molar-refractivity contribution is 0.609. The van der Waals surface area contributed by atoms with Gasteiger partial charge >= 0.3 is 0 Å². The van der Waals surface area contributed by atoms with E-state index in [0.29, 0.717) is 0 Å². The number of rotatable bonds is 2. The molecule has 0 saturated carbocycles. The first-order valence-corrected chi connectivity index (χ1v) is 5.09. The van der Waals surface area contributed by atoms with Gasteiger partial charge in [0.2, 0.25) is 0 Å². The van der Waals surface area contributed by atoms with Crippen molar-refractivity contribution in [1.29, 1.82) is 0 Å². The van der Waals surface area contributed by atoms with Crippen LogP contribution in [0.25, 0.3) is 0 Å². The third-order valence-corrected chi connectivity index (χ3v) is 2.30. The fourth-order valence-corrected chi connectivity index (χ4v) is 1.75. The van der Waals surface area contributed by atoms with Crippen LogP contribution >= 0.6 is 15.9 Å². The van der Waals surface area contributed by atoms with Crippen LogP contribution < -0.4 is 0 Å². The SMILES string of the molecule is Cc1cc(C)c(CCBr)c(F)c1. The monoisotopic (exact) mass is 230 g/mol. The van der Waals surface area contributed by atoms with Crippen molar-refractivity contribution in [1.82, 2.24) is 0 Å². The molecular weight excluding hydrogens is 219 g/mol. The van der Waals surface area contributed by atoms with Gasteiger partial charge in [0.1, 0.15) is 5.82 Å². The van der Waals surface area contributed by atoms with Crippen LogP contribution in [0, 0.1) is 19.7 Å². The van der Waals surface area contributed by atoms with E-state index in [1.54, 1.807) is 6.07 Å². The minimum atomic E-state index is -0.0769. The molecule has 0 saturated heterocycles. The van der Waals surface area contributed by atoms with Gasteiger partial charge in [-0.3, -0.25) is 0 Å². The van der Waals surface area contributed by atoms with E-state index in [0.717, 1.165) is 28.4 Å². The third-order valence-electron chi connectivity index (χ3n) is 1.91. The number of benzene rings is 1. The molecule has 0 unspecified atom stereocenters. The molecular formula is C10H12BrF. The maximum atomic E-state index is 13.3. The topological polar surface area (TPSA) is 0 Å². The molecule has 12 heavy (non-hydrogen) atoms. The Hall–Kier alpha value is -0.370. The van der Waals surface area contributed by atoms with Crippen molar-refractivity contribution in [2.75, 3.05) is 5.33 Å². The Bertz CT molecular complexity index is 258. The highest BCUT2D eigenvalue weighted by Crippen LogP contribution is 2.16. The zero-order valence-corrected chi connectivity index (χ0v) is 8.91. The summed E-state index contributed by atoms with van der Waals surface area (Å²) in [6.45, 7) is 3.86. The van der Waals surface area contributed by atoms with Gasteiger partial charge in [0, 0.05) is 5.33 Å². The molecule has 1 aromatic rings. The predicted molar refractivity (Wildman–Crippen MR) is 53.4 cm³/mol. The van der Waals surface area contributed by atoms with Gasteiger partial charge in [-0.25, -0.2) is 4.39 Å². The van der Waals surface area contributed by atoms with Crippen molar-refractivity contribution in [3.05, 3.63) is 34.6 Å². The van der Waals surface area contributed by atoms with Crippen LogP contribution in [-0.4, -0.2) is 5.33 Å². The van der Waals surface area contributed by atoms with Gasteiger partial charge in [0.25, 0.3) is 0 Å². The van der Waals surface area contributed by atoms with E-state index in [2.05, 4.69) is 15.9 Å². The van der Waals surface area contributed by atoms with Crippen LogP contribution in [0.4, 0.5) is 4.39 Å². The molecule has 0 fully saturated rings. The molecule has 0 atom stereocenters. The van der Waals surface area contributed by atoms with Crippen molar-refractivity contribution in [2.24, 2.45) is 0 Å². The molecule has 2 heteroatoms. The summed E-state index contributed by atoms with van der Waals surface area (Å²) in [5, 5.41) is 0.813. The Kier molecular flexibility index (Phi) is 3.27. The van der Waals surface area contributed by atoms with Gasteiger partial charge in [-0.15, -0.1) is 0 Å². The van der Waals surface area contributed by atoms with Crippen molar-refractivity contribution in [3.63, 3.8) is 0 Å². The van der Waals surface area contributed by atoms with Gasteiger partial charge in [0.05, 0.1) is 0 Å². The highest BCUT2D eigenvalue weighted by molar-refractivity contribution is 9.09. The lowest BCUT2D eigenvalue weighted by atomic mass is 10.0. The number of halogens is 2. The molecule has 0 amide bonds. The van der Waals surface area contributed by atoms with Gasteiger partial charge in [-0.2, -0.15) is 0 Å². The van der Waals surface area contributed by atoms with E-state index in [1.165, 1.54) is 0 Å². The Balaban J connectivity index is 3.10. The average molecular weight is 231 g/mol. The first-order chi connectivity index (χ1) is 5.65. The summed E-state index contributed by atoms with van der Waals surface area (Å²) >= 11 is 3.31. The number of alkyl halides is 1. The second kappa shape index (κ2) is 4.04. The minimum absolute atomic E-state index is 0.0769. The first kappa shape index (κ1) is 9.72. The van der Waals surface area contributed by atoms with Crippen LogP contribution in [0.15, 0.2) is 12.1 Å². The normalized spacial score (nSPS) is 10.3. The highest BCUT2D eigenvalue weighted by atomic mass is 79.9. The molecule has 66 valence electrons.